The minimum absolute atomic E-state index is 0.106. The molecule has 8 nitrogen and oxygen atoms in total. The second-order valence-electron chi connectivity index (χ2n) is 9.51. The summed E-state index contributed by atoms with van der Waals surface area (Å²) in [6.45, 7) is 0.136. The Hall–Kier alpha value is -3.53. The molecule has 10 heteroatoms. The molecule has 2 fully saturated rings. The number of esters is 1. The van der Waals surface area contributed by atoms with Gasteiger partial charge in [0.15, 0.2) is 11.5 Å². The normalized spacial score (nSPS) is 16.6. The van der Waals surface area contributed by atoms with E-state index in [-0.39, 0.29) is 35.6 Å². The number of nitrogens with zero attached hydrogens (tertiary/aromatic N) is 4. The molecule has 5 rings (SSSR count). The monoisotopic (exact) mass is 510 g/mol. The summed E-state index contributed by atoms with van der Waals surface area (Å²) in [6.07, 6.45) is 11.1. The molecule has 2 aliphatic rings. The molecule has 1 aromatic carbocycles. The molecule has 0 bridgehead atoms. The van der Waals surface area contributed by atoms with Gasteiger partial charge in [0.2, 0.25) is 0 Å². The fourth-order valence-electron chi connectivity index (χ4n) is 4.44. The minimum atomic E-state index is -0.686. The van der Waals surface area contributed by atoms with Crippen LogP contribution in [0, 0.1) is 17.6 Å². The zero-order valence-electron chi connectivity index (χ0n) is 20.5. The van der Waals surface area contributed by atoms with Crippen LogP contribution in [0.3, 0.4) is 0 Å². The zero-order valence-corrected chi connectivity index (χ0v) is 20.5. The van der Waals surface area contributed by atoms with Crippen molar-refractivity contribution >= 4 is 18.0 Å². The van der Waals surface area contributed by atoms with Crippen LogP contribution in [-0.4, -0.2) is 40.5 Å². The first-order valence-electron chi connectivity index (χ1n) is 12.5. The molecule has 1 atom stereocenters. The van der Waals surface area contributed by atoms with Gasteiger partial charge in [-0.2, -0.15) is 0 Å². The first-order valence-corrected chi connectivity index (χ1v) is 12.5. The SMILES string of the molecule is COC(=O)c1cnc(/N=C/CC(CC2CCC2)OCc2c(-c3c(F)cccc3F)noc2C2CC2)cn1. The van der Waals surface area contributed by atoms with Gasteiger partial charge in [-0.1, -0.05) is 30.5 Å². The predicted molar refractivity (Wildman–Crippen MR) is 131 cm³/mol. The van der Waals surface area contributed by atoms with E-state index in [4.69, 9.17) is 9.26 Å². The Kier molecular flexibility index (Phi) is 7.64. The Balaban J connectivity index is 1.31. The van der Waals surface area contributed by atoms with Gasteiger partial charge >= 0.3 is 5.97 Å². The lowest BCUT2D eigenvalue weighted by atomic mass is 9.81. The van der Waals surface area contributed by atoms with Gasteiger partial charge in [-0.3, -0.25) is 0 Å². The van der Waals surface area contributed by atoms with E-state index in [1.807, 2.05) is 0 Å². The van der Waals surface area contributed by atoms with Crippen LogP contribution in [0.1, 0.15) is 72.7 Å². The maximum Gasteiger partial charge on any atom is 0.358 e. The molecule has 2 aromatic heterocycles. The van der Waals surface area contributed by atoms with Crippen LogP contribution in [0.4, 0.5) is 14.6 Å². The van der Waals surface area contributed by atoms with Crippen molar-refractivity contribution in [2.75, 3.05) is 7.11 Å². The molecule has 3 aromatic rings. The number of rotatable bonds is 11. The molecule has 0 amide bonds. The number of carbonyl (C=O) groups is 1. The van der Waals surface area contributed by atoms with Crippen LogP contribution in [0.15, 0.2) is 40.1 Å². The number of methoxy groups -OCH3 is 1. The van der Waals surface area contributed by atoms with Crippen molar-refractivity contribution in [3.63, 3.8) is 0 Å². The Morgan fingerprint density at radius 2 is 1.97 bits per heavy atom. The second-order valence-corrected chi connectivity index (χ2v) is 9.51. The average Bonchev–Trinajstić information content (AvgIpc) is 3.64. The van der Waals surface area contributed by atoms with Gasteiger partial charge in [-0.05, 0) is 37.3 Å². The number of aromatic nitrogens is 3. The molecule has 2 heterocycles. The maximum atomic E-state index is 14.6. The summed E-state index contributed by atoms with van der Waals surface area (Å²) < 4.78 is 45.6. The molecule has 0 N–H and O–H groups in total. The highest BCUT2D eigenvalue weighted by Gasteiger charge is 2.34. The number of hydrogen-bond acceptors (Lipinski definition) is 8. The van der Waals surface area contributed by atoms with Crippen molar-refractivity contribution in [2.24, 2.45) is 10.9 Å². The van der Waals surface area contributed by atoms with Gasteiger partial charge in [0, 0.05) is 24.1 Å². The molecule has 194 valence electrons. The van der Waals surface area contributed by atoms with E-state index in [0.717, 1.165) is 32.1 Å². The van der Waals surface area contributed by atoms with Crippen LogP contribution >= 0.6 is 0 Å². The second kappa shape index (κ2) is 11.2. The molecule has 0 radical (unpaired) electrons. The summed E-state index contributed by atoms with van der Waals surface area (Å²) in [7, 11) is 1.28. The van der Waals surface area contributed by atoms with Crippen molar-refractivity contribution in [3.8, 4) is 11.3 Å². The van der Waals surface area contributed by atoms with Crippen molar-refractivity contribution in [3.05, 3.63) is 59.2 Å². The highest BCUT2D eigenvalue weighted by atomic mass is 19.1. The number of carbonyl (C=O) groups excluding carboxylic acids is 1. The maximum absolute atomic E-state index is 14.6. The smallest absolute Gasteiger partial charge is 0.358 e. The Morgan fingerprint density at radius 1 is 1.19 bits per heavy atom. The molecule has 2 aliphatic carbocycles. The summed E-state index contributed by atoms with van der Waals surface area (Å²) in [5.74, 6) is -0.147. The third kappa shape index (κ3) is 5.90. The number of aliphatic imine (C=N–C) groups is 1. The van der Waals surface area contributed by atoms with Crippen LogP contribution in [0.2, 0.25) is 0 Å². The zero-order chi connectivity index (χ0) is 25.8. The lowest BCUT2D eigenvalue weighted by molar-refractivity contribution is 0.0201. The first-order chi connectivity index (χ1) is 18.0. The Bertz CT molecular complexity index is 1250. The largest absolute Gasteiger partial charge is 0.464 e. The van der Waals surface area contributed by atoms with Gasteiger partial charge in [0.25, 0.3) is 0 Å². The highest BCUT2D eigenvalue weighted by Crippen LogP contribution is 2.45. The number of hydrogen-bond donors (Lipinski definition) is 0. The van der Waals surface area contributed by atoms with Gasteiger partial charge in [-0.15, -0.1) is 0 Å². The summed E-state index contributed by atoms with van der Waals surface area (Å²) >= 11 is 0. The molecule has 0 spiro atoms. The van der Waals surface area contributed by atoms with Gasteiger partial charge in [-0.25, -0.2) is 28.5 Å². The quantitative estimate of drug-likeness (QED) is 0.232. The Morgan fingerprint density at radius 3 is 2.59 bits per heavy atom. The Labute approximate surface area is 213 Å². The molecule has 0 saturated heterocycles. The van der Waals surface area contributed by atoms with Crippen molar-refractivity contribution < 1.29 is 27.6 Å². The first kappa shape index (κ1) is 25.1. The number of ether oxygens (including phenoxy) is 2. The van der Waals surface area contributed by atoms with Crippen molar-refractivity contribution in [2.45, 2.75) is 63.6 Å². The summed E-state index contributed by atoms with van der Waals surface area (Å²) in [4.78, 5) is 24.0. The van der Waals surface area contributed by atoms with E-state index in [1.165, 1.54) is 44.1 Å². The average molecular weight is 511 g/mol. The fourth-order valence-corrected chi connectivity index (χ4v) is 4.44. The topological polar surface area (TPSA) is 99.7 Å². The molecule has 2 saturated carbocycles. The minimum Gasteiger partial charge on any atom is -0.464 e. The molecular formula is C27H28F2N4O4. The number of benzene rings is 1. The van der Waals surface area contributed by atoms with E-state index < -0.39 is 17.6 Å². The van der Waals surface area contributed by atoms with Gasteiger partial charge in [0.1, 0.15) is 23.1 Å². The van der Waals surface area contributed by atoms with E-state index in [1.54, 1.807) is 6.21 Å². The summed E-state index contributed by atoms with van der Waals surface area (Å²) in [5.41, 5.74) is 0.679. The van der Waals surface area contributed by atoms with Crippen LogP contribution in [0.25, 0.3) is 11.3 Å². The van der Waals surface area contributed by atoms with E-state index >= 15 is 0 Å². The van der Waals surface area contributed by atoms with E-state index in [0.29, 0.717) is 29.5 Å². The van der Waals surface area contributed by atoms with Crippen LogP contribution < -0.4 is 0 Å². The van der Waals surface area contributed by atoms with Gasteiger partial charge in [0.05, 0.1) is 37.8 Å². The van der Waals surface area contributed by atoms with Crippen LogP contribution in [-0.2, 0) is 16.1 Å². The predicted octanol–water partition coefficient (Wildman–Crippen LogP) is 5.94. The summed E-state index contributed by atoms with van der Waals surface area (Å²) in [6, 6.07) is 3.75. The third-order valence-electron chi connectivity index (χ3n) is 6.88. The lowest BCUT2D eigenvalue weighted by Gasteiger charge is -2.29. The molecule has 0 aliphatic heterocycles. The lowest BCUT2D eigenvalue weighted by Crippen LogP contribution is -2.22. The summed E-state index contributed by atoms with van der Waals surface area (Å²) in [5, 5.41) is 4.05. The van der Waals surface area contributed by atoms with E-state index in [2.05, 4.69) is 24.9 Å². The van der Waals surface area contributed by atoms with Crippen molar-refractivity contribution in [1.82, 2.24) is 15.1 Å². The fraction of sp³-hybridized carbons (Fsp3) is 0.444. The number of halogens is 2. The molecular weight excluding hydrogens is 482 g/mol. The third-order valence-corrected chi connectivity index (χ3v) is 6.88. The standard InChI is InChI=1S/C27H28F2N4O4/c1-35-27(34)22-13-32-23(14-31-22)30-11-10-18(12-16-4-2-5-16)36-15-19-25(33-37-26(19)17-8-9-17)24-20(28)6-3-7-21(24)29/h3,6-7,11,13-14,16-18H,2,4-5,8-10,12,15H2,1H3/b30-11+. The van der Waals surface area contributed by atoms with E-state index in [9.17, 15) is 13.6 Å². The van der Waals surface area contributed by atoms with Crippen molar-refractivity contribution in [1.29, 1.82) is 0 Å². The molecule has 37 heavy (non-hydrogen) atoms. The van der Waals surface area contributed by atoms with Crippen LogP contribution in [0.5, 0.6) is 0 Å². The highest BCUT2D eigenvalue weighted by molar-refractivity contribution is 5.86. The molecule has 1 unspecified atom stereocenters. The van der Waals surface area contributed by atoms with Gasteiger partial charge < -0.3 is 14.0 Å².